The number of carboxylic acid groups (broad SMARTS) is 2. The highest BCUT2D eigenvalue weighted by molar-refractivity contribution is 6.13. The molecule has 0 bridgehead atoms. The molecule has 1 aliphatic carbocycles. The number of carboxylic acids is 2. The minimum absolute atomic E-state index is 0.218. The molecule has 0 radical (unpaired) electrons. The van der Waals surface area contributed by atoms with Gasteiger partial charge in [-0.2, -0.15) is 0 Å². The Morgan fingerprint density at radius 1 is 1.14 bits per heavy atom. The van der Waals surface area contributed by atoms with Crippen LogP contribution in [0.5, 0.6) is 5.75 Å². The van der Waals surface area contributed by atoms with Crippen LogP contribution in [0.15, 0.2) is 40.5 Å². The quantitative estimate of drug-likeness (QED) is 0.710. The molecule has 154 valence electrons. The van der Waals surface area contributed by atoms with Gasteiger partial charge in [0.15, 0.2) is 5.78 Å². The van der Waals surface area contributed by atoms with Crippen molar-refractivity contribution in [1.82, 2.24) is 0 Å². The van der Waals surface area contributed by atoms with Gasteiger partial charge >= 0.3 is 11.9 Å². The molecule has 4 atom stereocenters. The van der Waals surface area contributed by atoms with Crippen molar-refractivity contribution in [3.63, 3.8) is 0 Å². The van der Waals surface area contributed by atoms with E-state index >= 15 is 0 Å². The van der Waals surface area contributed by atoms with Crippen LogP contribution in [0.1, 0.15) is 45.1 Å². The van der Waals surface area contributed by atoms with Gasteiger partial charge < -0.3 is 14.9 Å². The Hall–Kier alpha value is -2.96. The summed E-state index contributed by atoms with van der Waals surface area (Å²) in [6.07, 6.45) is 1.19. The van der Waals surface area contributed by atoms with Crippen molar-refractivity contribution in [2.75, 3.05) is 6.61 Å². The lowest BCUT2D eigenvalue weighted by molar-refractivity contribution is -0.147. The van der Waals surface area contributed by atoms with Crippen LogP contribution in [0.2, 0.25) is 0 Å². The third kappa shape index (κ3) is 3.81. The van der Waals surface area contributed by atoms with Crippen LogP contribution in [0, 0.1) is 17.8 Å². The molecule has 7 heteroatoms. The van der Waals surface area contributed by atoms with E-state index in [1.165, 1.54) is 0 Å². The van der Waals surface area contributed by atoms with E-state index in [0.717, 1.165) is 6.42 Å². The maximum absolute atomic E-state index is 13.2. The Bertz CT molecular complexity index is 898. The maximum atomic E-state index is 13.2. The van der Waals surface area contributed by atoms with Gasteiger partial charge in [-0.1, -0.05) is 26.0 Å². The highest BCUT2D eigenvalue weighted by Gasteiger charge is 2.48. The first-order valence-corrected chi connectivity index (χ1v) is 9.77. The van der Waals surface area contributed by atoms with Crippen LogP contribution < -0.4 is 4.74 Å². The van der Waals surface area contributed by atoms with E-state index in [-0.39, 0.29) is 5.57 Å². The number of carbonyl (C=O) groups excluding carboxylic acids is 1. The van der Waals surface area contributed by atoms with Crippen molar-refractivity contribution in [2.45, 2.75) is 39.5 Å². The predicted molar refractivity (Wildman–Crippen MR) is 106 cm³/mol. The fourth-order valence-corrected chi connectivity index (χ4v) is 4.26. The van der Waals surface area contributed by atoms with E-state index in [1.54, 1.807) is 38.1 Å². The minimum atomic E-state index is -1.19. The summed E-state index contributed by atoms with van der Waals surface area (Å²) in [7, 11) is 0. The first kappa shape index (κ1) is 20.8. The topological polar surface area (TPSA) is 113 Å². The monoisotopic (exact) mass is 399 g/mol. The van der Waals surface area contributed by atoms with Gasteiger partial charge in [0, 0.05) is 22.9 Å². The van der Waals surface area contributed by atoms with Crippen LogP contribution in [0.3, 0.4) is 0 Å². The minimum Gasteiger partial charge on any atom is -0.494 e. The van der Waals surface area contributed by atoms with Crippen molar-refractivity contribution in [3.8, 4) is 5.75 Å². The van der Waals surface area contributed by atoms with Gasteiger partial charge in [-0.25, -0.2) is 0 Å². The molecule has 0 amide bonds. The third-order valence-corrected chi connectivity index (χ3v) is 5.59. The molecule has 0 saturated heterocycles. The number of ether oxygens (including phenoxy) is 1. The van der Waals surface area contributed by atoms with Crippen molar-refractivity contribution < 1.29 is 29.3 Å². The number of ketones is 1. The number of aliphatic imine (C=N–C) groups is 1. The fraction of sp³-hybridized carbons (Fsp3) is 0.455. The van der Waals surface area contributed by atoms with Crippen LogP contribution in [0.25, 0.3) is 0 Å². The molecule has 0 spiro atoms. The molecule has 0 saturated carbocycles. The second-order valence-electron chi connectivity index (χ2n) is 7.69. The maximum Gasteiger partial charge on any atom is 0.314 e. The van der Waals surface area contributed by atoms with Crippen LogP contribution in [-0.2, 0) is 14.4 Å². The number of allylic oxidation sites excluding steroid dienone is 2. The summed E-state index contributed by atoms with van der Waals surface area (Å²) in [5, 5.41) is 19.4. The van der Waals surface area contributed by atoms with Gasteiger partial charge in [-0.3, -0.25) is 19.4 Å². The molecule has 7 nitrogen and oxygen atoms in total. The summed E-state index contributed by atoms with van der Waals surface area (Å²) in [5.74, 6) is -5.55. The molecule has 4 unspecified atom stereocenters. The second kappa shape index (κ2) is 8.19. The lowest BCUT2D eigenvalue weighted by atomic mass is 9.67. The summed E-state index contributed by atoms with van der Waals surface area (Å²) in [4.78, 5) is 41.3. The number of hydrogen-bond donors (Lipinski definition) is 2. The Morgan fingerprint density at radius 3 is 2.31 bits per heavy atom. The zero-order valence-electron chi connectivity index (χ0n) is 16.7. The van der Waals surface area contributed by atoms with Gasteiger partial charge in [0.25, 0.3) is 0 Å². The predicted octanol–water partition coefficient (Wildman–Crippen LogP) is 3.30. The highest BCUT2D eigenvalue weighted by atomic mass is 16.5. The summed E-state index contributed by atoms with van der Waals surface area (Å²) in [6, 6.07) is 6.98. The molecule has 29 heavy (non-hydrogen) atoms. The van der Waals surface area contributed by atoms with Gasteiger partial charge in [0.05, 0.1) is 6.61 Å². The highest BCUT2D eigenvalue weighted by Crippen LogP contribution is 2.46. The van der Waals surface area contributed by atoms with Gasteiger partial charge in [0.2, 0.25) is 0 Å². The normalized spacial score (nSPS) is 26.6. The van der Waals surface area contributed by atoms with E-state index in [1.807, 2.05) is 6.92 Å². The number of Topliss-reactive ketones (excluding diaryl/α,β-unsaturated/α-hetero) is 1. The number of benzene rings is 1. The SMILES string of the molecule is CCCOc1ccc(C2C3=C(CC(C)C(C(=O)O)C3=O)N=C(C)C2C(=O)O)cc1. The average Bonchev–Trinajstić information content (AvgIpc) is 2.65. The molecule has 3 rings (SSSR count). The van der Waals surface area contributed by atoms with Crippen LogP contribution in [0.4, 0.5) is 0 Å². The fourth-order valence-electron chi connectivity index (χ4n) is 4.26. The molecule has 0 aromatic heterocycles. The number of carbonyl (C=O) groups is 3. The number of aliphatic carboxylic acids is 2. The summed E-state index contributed by atoms with van der Waals surface area (Å²) in [5.41, 5.74) is 1.78. The second-order valence-corrected chi connectivity index (χ2v) is 7.69. The van der Waals surface area contributed by atoms with E-state index < -0.39 is 41.4 Å². The zero-order chi connectivity index (χ0) is 21.3. The van der Waals surface area contributed by atoms with Crippen molar-refractivity contribution >= 4 is 23.4 Å². The largest absolute Gasteiger partial charge is 0.494 e. The van der Waals surface area contributed by atoms with E-state index in [9.17, 15) is 24.6 Å². The van der Waals surface area contributed by atoms with E-state index in [4.69, 9.17) is 4.74 Å². The summed E-state index contributed by atoms with van der Waals surface area (Å²) >= 11 is 0. The Kier molecular flexibility index (Phi) is 5.86. The smallest absolute Gasteiger partial charge is 0.314 e. The molecule has 2 N–H and O–H groups in total. The van der Waals surface area contributed by atoms with Crippen molar-refractivity contribution in [2.24, 2.45) is 22.7 Å². The summed E-state index contributed by atoms with van der Waals surface area (Å²) < 4.78 is 5.59. The molecular weight excluding hydrogens is 374 g/mol. The van der Waals surface area contributed by atoms with E-state index in [2.05, 4.69) is 4.99 Å². The molecule has 2 aliphatic rings. The molecular formula is C22H25NO6. The lowest BCUT2D eigenvalue weighted by Gasteiger charge is -2.37. The molecule has 1 heterocycles. The first-order valence-electron chi connectivity index (χ1n) is 9.77. The van der Waals surface area contributed by atoms with Crippen LogP contribution >= 0.6 is 0 Å². The lowest BCUT2D eigenvalue weighted by Crippen LogP contribution is -2.42. The van der Waals surface area contributed by atoms with Gasteiger partial charge in [-0.15, -0.1) is 0 Å². The Balaban J connectivity index is 2.10. The van der Waals surface area contributed by atoms with Crippen molar-refractivity contribution in [1.29, 1.82) is 0 Å². The molecule has 0 fully saturated rings. The standard InChI is InChI=1S/C22H25NO6/c1-4-9-29-14-7-5-13(6-8-14)18-17(22(27)28)12(3)23-15-10-11(2)16(21(25)26)20(24)19(15)18/h5-8,11,16-18H,4,9-10H2,1-3H3,(H,25,26)(H,27,28). The van der Waals surface area contributed by atoms with Crippen LogP contribution in [-0.4, -0.2) is 40.3 Å². The number of nitrogens with zero attached hydrogens (tertiary/aromatic N) is 1. The van der Waals surface area contributed by atoms with E-state index in [0.29, 0.717) is 35.7 Å². The summed E-state index contributed by atoms with van der Waals surface area (Å²) in [6.45, 7) is 5.92. The first-order chi connectivity index (χ1) is 13.8. The number of hydrogen-bond acceptors (Lipinski definition) is 5. The molecule has 1 aromatic carbocycles. The molecule has 1 aromatic rings. The zero-order valence-corrected chi connectivity index (χ0v) is 16.7. The Labute approximate surface area is 169 Å². The van der Waals surface area contributed by atoms with Gasteiger partial charge in [-0.05, 0) is 43.4 Å². The Morgan fingerprint density at radius 2 is 1.76 bits per heavy atom. The number of rotatable bonds is 6. The third-order valence-electron chi connectivity index (χ3n) is 5.59. The molecule has 1 aliphatic heterocycles. The average molecular weight is 399 g/mol. The van der Waals surface area contributed by atoms with Gasteiger partial charge in [0.1, 0.15) is 17.6 Å². The van der Waals surface area contributed by atoms with Crippen molar-refractivity contribution in [3.05, 3.63) is 41.1 Å².